The van der Waals surface area contributed by atoms with Gasteiger partial charge in [0.1, 0.15) is 5.01 Å². The SMILES string of the molecule is c1ccc(-c2nc3cc4sc5ccc(-c6ccc(Nc7ccc8c(ccc9ccccc98)c7)cc6)cc5c4cc3s2)cc1. The second kappa shape index (κ2) is 9.77. The lowest BCUT2D eigenvalue weighted by Crippen LogP contribution is -1.90. The van der Waals surface area contributed by atoms with Crippen molar-refractivity contribution < 1.29 is 0 Å². The van der Waals surface area contributed by atoms with Crippen molar-refractivity contribution in [2.75, 3.05) is 5.32 Å². The number of benzene rings is 7. The monoisotopic (exact) mass is 584 g/mol. The molecule has 0 aliphatic carbocycles. The van der Waals surface area contributed by atoms with E-state index >= 15 is 0 Å². The summed E-state index contributed by atoms with van der Waals surface area (Å²) < 4.78 is 3.82. The summed E-state index contributed by atoms with van der Waals surface area (Å²) >= 11 is 3.61. The van der Waals surface area contributed by atoms with E-state index < -0.39 is 0 Å². The standard InChI is InChI=1S/C39H24N2S2/c1-2-7-26(8-3-1)39-41-35-23-37-34(22-38(35)43-39)33-21-27(14-19-36(33)42-37)24-12-15-29(16-13-24)40-30-17-18-32-28(20-30)11-10-25-6-4-5-9-31(25)32/h1-23,40H. The van der Waals surface area contributed by atoms with Crippen LogP contribution in [0.3, 0.4) is 0 Å². The van der Waals surface area contributed by atoms with Gasteiger partial charge in [-0.25, -0.2) is 4.98 Å². The van der Waals surface area contributed by atoms with Crippen LogP contribution in [0.15, 0.2) is 140 Å². The van der Waals surface area contributed by atoms with Gasteiger partial charge in [-0.15, -0.1) is 22.7 Å². The van der Waals surface area contributed by atoms with Crippen LogP contribution in [-0.2, 0) is 0 Å². The van der Waals surface area contributed by atoms with Crippen molar-refractivity contribution in [2.24, 2.45) is 0 Å². The Labute approximate surface area is 256 Å². The van der Waals surface area contributed by atoms with Gasteiger partial charge in [0, 0.05) is 37.1 Å². The number of rotatable bonds is 4. The predicted octanol–water partition coefficient (Wildman–Crippen LogP) is 12.0. The Balaban J connectivity index is 1.02. The number of anilines is 2. The molecule has 0 saturated carbocycles. The van der Waals surface area contributed by atoms with Crippen LogP contribution in [0.1, 0.15) is 0 Å². The number of aromatic nitrogens is 1. The highest BCUT2D eigenvalue weighted by atomic mass is 32.1. The summed E-state index contributed by atoms with van der Waals surface area (Å²) in [5.41, 5.74) is 6.85. The molecule has 0 radical (unpaired) electrons. The maximum atomic E-state index is 4.95. The topological polar surface area (TPSA) is 24.9 Å². The summed E-state index contributed by atoms with van der Waals surface area (Å²) in [4.78, 5) is 4.95. The first-order valence-corrected chi connectivity index (χ1v) is 16.0. The molecule has 0 bridgehead atoms. The number of nitrogens with one attached hydrogen (secondary N) is 1. The summed E-state index contributed by atoms with van der Waals surface area (Å²) in [5.74, 6) is 0. The van der Waals surface area contributed by atoms with Gasteiger partial charge in [-0.1, -0.05) is 91.0 Å². The lowest BCUT2D eigenvalue weighted by atomic mass is 10.0. The van der Waals surface area contributed by atoms with Crippen LogP contribution >= 0.6 is 22.7 Å². The third kappa shape index (κ3) is 4.26. The predicted molar refractivity (Wildman–Crippen MR) is 188 cm³/mol. The van der Waals surface area contributed by atoms with Gasteiger partial charge < -0.3 is 5.32 Å². The number of hydrogen-bond acceptors (Lipinski definition) is 4. The highest BCUT2D eigenvalue weighted by Crippen LogP contribution is 2.41. The molecule has 0 amide bonds. The van der Waals surface area contributed by atoms with E-state index in [1.807, 2.05) is 17.4 Å². The van der Waals surface area contributed by atoms with E-state index in [-0.39, 0.29) is 0 Å². The van der Waals surface area contributed by atoms with Crippen LogP contribution in [0.5, 0.6) is 0 Å². The minimum Gasteiger partial charge on any atom is -0.356 e. The fourth-order valence-corrected chi connectivity index (χ4v) is 8.18. The summed E-state index contributed by atoms with van der Waals surface area (Å²) in [5, 5.41) is 12.4. The molecule has 0 unspecified atom stereocenters. The first-order chi connectivity index (χ1) is 21.2. The number of fused-ring (bicyclic) bond motifs is 7. The first-order valence-electron chi connectivity index (χ1n) is 14.4. The van der Waals surface area contributed by atoms with Crippen molar-refractivity contribution in [3.05, 3.63) is 140 Å². The molecule has 0 saturated heterocycles. The van der Waals surface area contributed by atoms with Gasteiger partial charge in [-0.2, -0.15) is 0 Å². The maximum Gasteiger partial charge on any atom is 0.124 e. The normalized spacial score (nSPS) is 11.7. The Kier molecular flexibility index (Phi) is 5.58. The van der Waals surface area contributed by atoms with E-state index in [1.165, 1.54) is 63.1 Å². The Morgan fingerprint density at radius 1 is 0.419 bits per heavy atom. The molecule has 0 spiro atoms. The smallest absolute Gasteiger partial charge is 0.124 e. The van der Waals surface area contributed by atoms with Gasteiger partial charge in [0.25, 0.3) is 0 Å². The fourth-order valence-electron chi connectivity index (χ4n) is 6.08. The minimum absolute atomic E-state index is 1.07. The Hall–Kier alpha value is -5.03. The largest absolute Gasteiger partial charge is 0.356 e. The lowest BCUT2D eigenvalue weighted by molar-refractivity contribution is 1.48. The number of nitrogens with zero attached hydrogens (tertiary/aromatic N) is 1. The maximum absolute atomic E-state index is 4.95. The highest BCUT2D eigenvalue weighted by molar-refractivity contribution is 7.26. The average Bonchev–Trinajstić information content (AvgIpc) is 3.64. The Morgan fingerprint density at radius 2 is 1.16 bits per heavy atom. The second-order valence-corrected chi connectivity index (χ2v) is 13.1. The van der Waals surface area contributed by atoms with Crippen LogP contribution < -0.4 is 5.32 Å². The van der Waals surface area contributed by atoms with Crippen LogP contribution in [0.25, 0.3) is 73.6 Å². The van der Waals surface area contributed by atoms with Crippen LogP contribution in [0, 0.1) is 0 Å². The molecular formula is C39H24N2S2. The summed E-state index contributed by atoms with van der Waals surface area (Å²) in [6.45, 7) is 0. The van der Waals surface area contributed by atoms with Gasteiger partial charge in [0.2, 0.25) is 0 Å². The van der Waals surface area contributed by atoms with E-state index in [0.29, 0.717) is 0 Å². The van der Waals surface area contributed by atoms with Crippen molar-refractivity contribution in [2.45, 2.75) is 0 Å². The highest BCUT2D eigenvalue weighted by Gasteiger charge is 2.12. The molecule has 4 heteroatoms. The van der Waals surface area contributed by atoms with Crippen LogP contribution in [0.2, 0.25) is 0 Å². The number of thiophene rings is 1. The molecule has 1 N–H and O–H groups in total. The molecular weight excluding hydrogens is 561 g/mol. The molecule has 0 aliphatic heterocycles. The van der Waals surface area contributed by atoms with Crippen molar-refractivity contribution in [1.82, 2.24) is 4.98 Å². The van der Waals surface area contributed by atoms with Gasteiger partial charge in [-0.3, -0.25) is 0 Å². The van der Waals surface area contributed by atoms with E-state index in [0.717, 1.165) is 21.9 Å². The number of thiazole rings is 1. The molecule has 9 rings (SSSR count). The van der Waals surface area contributed by atoms with Crippen molar-refractivity contribution in [3.8, 4) is 21.7 Å². The van der Waals surface area contributed by atoms with Crippen molar-refractivity contribution >= 4 is 86.0 Å². The summed E-state index contributed by atoms with van der Waals surface area (Å²) in [6, 6.07) is 50.2. The zero-order chi connectivity index (χ0) is 28.3. The first kappa shape index (κ1) is 24.6. The van der Waals surface area contributed by atoms with E-state index in [2.05, 4.69) is 139 Å². The second-order valence-electron chi connectivity index (χ2n) is 10.9. The summed E-state index contributed by atoms with van der Waals surface area (Å²) in [6.07, 6.45) is 0. The average molecular weight is 585 g/mol. The third-order valence-corrected chi connectivity index (χ3v) is 10.5. The fraction of sp³-hybridized carbons (Fsp3) is 0. The number of hydrogen-bond donors (Lipinski definition) is 1. The quantitative estimate of drug-likeness (QED) is 0.208. The Morgan fingerprint density at radius 3 is 2.07 bits per heavy atom. The van der Waals surface area contributed by atoms with E-state index in [9.17, 15) is 0 Å². The van der Waals surface area contributed by atoms with Gasteiger partial charge in [0.05, 0.1) is 10.2 Å². The van der Waals surface area contributed by atoms with Crippen LogP contribution in [0.4, 0.5) is 11.4 Å². The molecule has 0 atom stereocenters. The molecule has 9 aromatic rings. The molecule has 202 valence electrons. The zero-order valence-electron chi connectivity index (χ0n) is 23.0. The molecule has 0 fully saturated rings. The van der Waals surface area contributed by atoms with Gasteiger partial charge in [-0.05, 0) is 81.2 Å². The van der Waals surface area contributed by atoms with E-state index in [1.54, 1.807) is 11.3 Å². The molecule has 0 aliphatic rings. The molecule has 7 aromatic carbocycles. The summed E-state index contributed by atoms with van der Waals surface area (Å²) in [7, 11) is 0. The Bertz CT molecular complexity index is 2470. The van der Waals surface area contributed by atoms with Crippen LogP contribution in [-0.4, -0.2) is 4.98 Å². The van der Waals surface area contributed by atoms with E-state index in [4.69, 9.17) is 4.98 Å². The molecule has 2 heterocycles. The zero-order valence-corrected chi connectivity index (χ0v) is 24.7. The molecule has 43 heavy (non-hydrogen) atoms. The van der Waals surface area contributed by atoms with Gasteiger partial charge in [0.15, 0.2) is 0 Å². The lowest BCUT2D eigenvalue weighted by Gasteiger charge is -2.10. The van der Waals surface area contributed by atoms with Crippen molar-refractivity contribution in [1.29, 1.82) is 0 Å². The molecule has 2 nitrogen and oxygen atoms in total. The van der Waals surface area contributed by atoms with Crippen molar-refractivity contribution in [3.63, 3.8) is 0 Å². The van der Waals surface area contributed by atoms with Gasteiger partial charge >= 0.3 is 0 Å². The molecule has 2 aromatic heterocycles. The minimum atomic E-state index is 1.07. The third-order valence-electron chi connectivity index (χ3n) is 8.25.